The number of pyridine rings is 1. The molecule has 10 heteroatoms. The molecule has 0 saturated heterocycles. The summed E-state index contributed by atoms with van der Waals surface area (Å²) in [6.07, 6.45) is 4.08. The van der Waals surface area contributed by atoms with Crippen LogP contribution in [0.1, 0.15) is 10.4 Å². The van der Waals surface area contributed by atoms with Crippen molar-refractivity contribution < 1.29 is 13.2 Å². The van der Waals surface area contributed by atoms with Gasteiger partial charge in [-0.05, 0) is 22.0 Å². The molecule has 0 fully saturated rings. The van der Waals surface area contributed by atoms with E-state index in [1.807, 2.05) is 0 Å². The Morgan fingerprint density at radius 2 is 2.15 bits per heavy atom. The first-order chi connectivity index (χ1) is 9.27. The number of amides is 1. The Balaban J connectivity index is 2.34. The molecule has 0 aliphatic rings. The van der Waals surface area contributed by atoms with E-state index in [2.05, 4.69) is 31.3 Å². The first-order valence-corrected chi connectivity index (χ1v) is 7.59. The number of hydrogen-bond acceptors (Lipinski definition) is 5. The number of nitrogens with zero attached hydrogens (tertiary/aromatic N) is 3. The highest BCUT2D eigenvalue weighted by Crippen LogP contribution is 2.18. The maximum Gasteiger partial charge on any atom is 0.258 e. The highest BCUT2D eigenvalue weighted by molar-refractivity contribution is 9.10. The van der Waals surface area contributed by atoms with Crippen molar-refractivity contribution >= 4 is 37.7 Å². The van der Waals surface area contributed by atoms with E-state index in [0.717, 1.165) is 0 Å². The van der Waals surface area contributed by atoms with Gasteiger partial charge in [0, 0.05) is 30.1 Å². The van der Waals surface area contributed by atoms with E-state index >= 15 is 0 Å². The van der Waals surface area contributed by atoms with Crippen LogP contribution in [0.2, 0.25) is 0 Å². The van der Waals surface area contributed by atoms with Gasteiger partial charge in [0.1, 0.15) is 4.90 Å². The number of primary sulfonamides is 1. The van der Waals surface area contributed by atoms with Crippen molar-refractivity contribution in [3.05, 3.63) is 34.7 Å². The van der Waals surface area contributed by atoms with E-state index in [1.165, 1.54) is 30.3 Å². The van der Waals surface area contributed by atoms with Crippen LogP contribution in [0, 0.1) is 0 Å². The van der Waals surface area contributed by atoms with E-state index in [0.29, 0.717) is 4.47 Å². The summed E-state index contributed by atoms with van der Waals surface area (Å²) in [5, 5.41) is 11.3. The molecule has 0 radical (unpaired) electrons. The fourth-order valence-electron chi connectivity index (χ4n) is 1.48. The molecule has 2 aromatic heterocycles. The second-order valence-corrected chi connectivity index (χ2v) is 6.35. The minimum Gasteiger partial charge on any atom is -0.304 e. The van der Waals surface area contributed by atoms with Gasteiger partial charge in [-0.25, -0.2) is 13.6 Å². The molecule has 0 spiro atoms. The molecule has 3 N–H and O–H groups in total. The number of nitrogens with two attached hydrogens (primary N) is 1. The lowest BCUT2D eigenvalue weighted by molar-refractivity contribution is 0.102. The molecule has 8 nitrogen and oxygen atoms in total. The van der Waals surface area contributed by atoms with Gasteiger partial charge in [-0.3, -0.25) is 14.5 Å². The third-order valence-corrected chi connectivity index (χ3v) is 3.65. The van der Waals surface area contributed by atoms with Crippen LogP contribution in [0.25, 0.3) is 0 Å². The number of carbonyl (C=O) groups excluding carboxylic acids is 1. The van der Waals surface area contributed by atoms with Crippen LogP contribution in [0.5, 0.6) is 0 Å². The van der Waals surface area contributed by atoms with Gasteiger partial charge in [-0.2, -0.15) is 5.10 Å². The van der Waals surface area contributed by atoms with E-state index in [1.54, 1.807) is 6.07 Å². The van der Waals surface area contributed by atoms with E-state index < -0.39 is 15.9 Å². The molecule has 106 valence electrons. The van der Waals surface area contributed by atoms with Crippen LogP contribution in [0.3, 0.4) is 0 Å². The highest BCUT2D eigenvalue weighted by atomic mass is 79.9. The van der Waals surface area contributed by atoms with E-state index in [4.69, 9.17) is 5.14 Å². The van der Waals surface area contributed by atoms with E-state index in [9.17, 15) is 13.2 Å². The Labute approximate surface area is 123 Å². The number of aryl methyl sites for hydroxylation is 1. The molecule has 0 bridgehead atoms. The maximum absolute atomic E-state index is 12.0. The fourth-order valence-corrected chi connectivity index (χ4v) is 2.50. The minimum atomic E-state index is -3.97. The number of carbonyl (C=O) groups is 1. The van der Waals surface area contributed by atoms with Gasteiger partial charge in [0.2, 0.25) is 10.0 Å². The SMILES string of the molecule is Cn1cc(S(N)(=O)=O)c(NC(=O)c2cncc(Br)c2)n1. The van der Waals surface area contributed by atoms with Gasteiger partial charge in [0.15, 0.2) is 5.82 Å². The first-order valence-electron chi connectivity index (χ1n) is 5.26. The van der Waals surface area contributed by atoms with Crippen LogP contribution >= 0.6 is 15.9 Å². The number of halogens is 1. The molecule has 0 saturated carbocycles. The zero-order valence-corrected chi connectivity index (χ0v) is 12.6. The summed E-state index contributed by atoms with van der Waals surface area (Å²) in [4.78, 5) is 15.6. The minimum absolute atomic E-state index is 0.125. The van der Waals surface area contributed by atoms with Gasteiger partial charge < -0.3 is 5.32 Å². The molecule has 0 unspecified atom stereocenters. The number of nitrogens with one attached hydrogen (secondary N) is 1. The number of rotatable bonds is 3. The fraction of sp³-hybridized carbons (Fsp3) is 0.100. The second-order valence-electron chi connectivity index (χ2n) is 3.91. The predicted molar refractivity (Wildman–Crippen MR) is 74.5 cm³/mol. The van der Waals surface area contributed by atoms with Crippen LogP contribution in [-0.2, 0) is 17.1 Å². The Kier molecular flexibility index (Phi) is 3.88. The topological polar surface area (TPSA) is 120 Å². The average Bonchev–Trinajstić information content (AvgIpc) is 2.70. The third-order valence-electron chi connectivity index (χ3n) is 2.30. The lowest BCUT2D eigenvalue weighted by atomic mass is 10.3. The lowest BCUT2D eigenvalue weighted by Gasteiger charge is -2.04. The zero-order valence-electron chi connectivity index (χ0n) is 10.2. The summed E-state index contributed by atoms with van der Waals surface area (Å²) >= 11 is 3.19. The first kappa shape index (κ1) is 14.6. The molecule has 20 heavy (non-hydrogen) atoms. The smallest absolute Gasteiger partial charge is 0.258 e. The monoisotopic (exact) mass is 359 g/mol. The summed E-state index contributed by atoms with van der Waals surface area (Å²) in [5.41, 5.74) is 0.255. The molecule has 2 rings (SSSR count). The maximum atomic E-state index is 12.0. The van der Waals surface area contributed by atoms with Crippen molar-refractivity contribution in [2.45, 2.75) is 4.90 Å². The summed E-state index contributed by atoms with van der Waals surface area (Å²) in [6, 6.07) is 1.54. The van der Waals surface area contributed by atoms with Gasteiger partial charge in [-0.1, -0.05) is 0 Å². The van der Waals surface area contributed by atoms with Crippen molar-refractivity contribution in [2.24, 2.45) is 12.2 Å². The lowest BCUT2D eigenvalue weighted by Crippen LogP contribution is -2.18. The standard InChI is InChI=1S/C10H10BrN5O3S/c1-16-5-8(20(12,18)19)9(15-16)14-10(17)6-2-7(11)4-13-3-6/h2-5H,1H3,(H2,12,18,19)(H,14,15,17). The van der Waals surface area contributed by atoms with Gasteiger partial charge in [0.25, 0.3) is 5.91 Å². The number of aromatic nitrogens is 3. The van der Waals surface area contributed by atoms with Crippen LogP contribution in [-0.4, -0.2) is 29.1 Å². The highest BCUT2D eigenvalue weighted by Gasteiger charge is 2.20. The largest absolute Gasteiger partial charge is 0.304 e. The molecule has 2 aromatic rings. The summed E-state index contributed by atoms with van der Waals surface area (Å²) in [5.74, 6) is -0.664. The van der Waals surface area contributed by atoms with E-state index in [-0.39, 0.29) is 16.3 Å². The summed E-state index contributed by atoms with van der Waals surface area (Å²) in [7, 11) is -2.45. The average molecular weight is 360 g/mol. The number of sulfonamides is 1. The van der Waals surface area contributed by atoms with Crippen LogP contribution in [0.15, 0.2) is 34.0 Å². The Hall–Kier alpha value is -1.78. The van der Waals surface area contributed by atoms with Crippen molar-refractivity contribution in [3.8, 4) is 0 Å². The van der Waals surface area contributed by atoms with Gasteiger partial charge in [0.05, 0.1) is 5.56 Å². The predicted octanol–water partition coefficient (Wildman–Crippen LogP) is 0.477. The molecule has 0 aromatic carbocycles. The van der Waals surface area contributed by atoms with Gasteiger partial charge in [-0.15, -0.1) is 0 Å². The molecule has 2 heterocycles. The summed E-state index contributed by atoms with van der Waals surface area (Å²) < 4.78 is 24.7. The van der Waals surface area contributed by atoms with Crippen molar-refractivity contribution in [1.82, 2.24) is 14.8 Å². The van der Waals surface area contributed by atoms with Crippen LogP contribution in [0.4, 0.5) is 5.82 Å². The molecular weight excluding hydrogens is 350 g/mol. The van der Waals surface area contributed by atoms with Crippen molar-refractivity contribution in [1.29, 1.82) is 0 Å². The molecule has 0 aliphatic heterocycles. The Morgan fingerprint density at radius 1 is 1.45 bits per heavy atom. The van der Waals surface area contributed by atoms with Gasteiger partial charge >= 0.3 is 0 Å². The Bertz CT molecular complexity index is 771. The summed E-state index contributed by atoms with van der Waals surface area (Å²) in [6.45, 7) is 0. The zero-order chi connectivity index (χ0) is 14.9. The Morgan fingerprint density at radius 3 is 2.75 bits per heavy atom. The van der Waals surface area contributed by atoms with Crippen molar-refractivity contribution in [3.63, 3.8) is 0 Å². The van der Waals surface area contributed by atoms with Crippen LogP contribution < -0.4 is 10.5 Å². The molecule has 1 amide bonds. The second kappa shape index (κ2) is 5.31. The number of anilines is 1. The molecule has 0 aliphatic carbocycles. The quantitative estimate of drug-likeness (QED) is 0.825. The van der Waals surface area contributed by atoms with Crippen molar-refractivity contribution in [2.75, 3.05) is 5.32 Å². The third kappa shape index (κ3) is 3.21. The number of hydrogen-bond donors (Lipinski definition) is 2. The molecule has 0 atom stereocenters. The normalized spacial score (nSPS) is 11.3. The molecular formula is C10H10BrN5O3S.